The second-order valence-electron chi connectivity index (χ2n) is 6.64. The Morgan fingerprint density at radius 2 is 2.04 bits per heavy atom. The first kappa shape index (κ1) is 16.3. The largest absolute Gasteiger partial charge is 0.493 e. The molecule has 2 aromatic carbocycles. The fraction of sp³-hybridized carbons (Fsp3) is 0.300. The molecule has 0 amide bonds. The van der Waals surface area contributed by atoms with Gasteiger partial charge in [-0.15, -0.1) is 0 Å². The summed E-state index contributed by atoms with van der Waals surface area (Å²) < 4.78 is 6.86. The number of ether oxygens (including phenoxy) is 1. The maximum Gasteiger partial charge on any atom is 0.216 e. The highest BCUT2D eigenvalue weighted by atomic mass is 79.9. The molecule has 0 bridgehead atoms. The lowest BCUT2D eigenvalue weighted by Gasteiger charge is -2.35. The van der Waals surface area contributed by atoms with E-state index in [1.165, 1.54) is 5.56 Å². The number of nitrogens with two attached hydrogens (primary N) is 1. The van der Waals surface area contributed by atoms with Gasteiger partial charge in [-0.1, -0.05) is 53.2 Å². The number of guanidine groups is 1. The molecule has 1 spiro atoms. The van der Waals surface area contributed by atoms with Gasteiger partial charge in [-0.2, -0.15) is 0 Å². The minimum absolute atomic E-state index is 0.344. The van der Waals surface area contributed by atoms with Crippen LogP contribution in [0.15, 0.2) is 63.0 Å². The third kappa shape index (κ3) is 2.86. The van der Waals surface area contributed by atoms with Crippen LogP contribution in [0.5, 0.6) is 5.75 Å². The van der Waals surface area contributed by atoms with Crippen molar-refractivity contribution in [1.29, 1.82) is 0 Å². The summed E-state index contributed by atoms with van der Waals surface area (Å²) in [5, 5.41) is 0. The molecule has 2 aliphatic rings. The van der Waals surface area contributed by atoms with Gasteiger partial charge in [0.1, 0.15) is 11.3 Å². The fourth-order valence-corrected chi connectivity index (χ4v) is 4.09. The highest BCUT2D eigenvalue weighted by molar-refractivity contribution is 9.10. The van der Waals surface area contributed by atoms with Gasteiger partial charge in [0.15, 0.2) is 0 Å². The molecular weight excluding hydrogens is 378 g/mol. The molecule has 2 aliphatic heterocycles. The first-order chi connectivity index (χ1) is 12.1. The number of benzene rings is 2. The minimum atomic E-state index is -0.496. The van der Waals surface area contributed by atoms with Crippen LogP contribution < -0.4 is 10.5 Å². The molecule has 2 heterocycles. The number of fused-ring (bicyclic) bond motifs is 2. The lowest BCUT2D eigenvalue weighted by molar-refractivity contribution is 0.250. The average Bonchev–Trinajstić information content (AvgIpc) is 2.92. The number of rotatable bonds is 3. The van der Waals surface area contributed by atoms with E-state index in [-0.39, 0.29) is 0 Å². The maximum atomic E-state index is 6.05. The number of hydrogen-bond donors (Lipinski definition) is 1. The molecule has 0 saturated carbocycles. The zero-order valence-corrected chi connectivity index (χ0v) is 15.7. The van der Waals surface area contributed by atoms with Crippen LogP contribution in [0.25, 0.3) is 0 Å². The monoisotopic (exact) mass is 397 g/mol. The zero-order valence-electron chi connectivity index (χ0n) is 14.1. The van der Waals surface area contributed by atoms with Crippen molar-refractivity contribution in [2.24, 2.45) is 15.7 Å². The summed E-state index contributed by atoms with van der Waals surface area (Å²) in [6, 6.07) is 16.6. The van der Waals surface area contributed by atoms with Gasteiger partial charge in [0.05, 0.1) is 12.3 Å². The van der Waals surface area contributed by atoms with Crippen LogP contribution in [-0.4, -0.2) is 18.3 Å². The molecule has 1 unspecified atom stereocenters. The van der Waals surface area contributed by atoms with Gasteiger partial charge in [0, 0.05) is 16.5 Å². The Kier molecular flexibility index (Phi) is 4.12. The van der Waals surface area contributed by atoms with Crippen LogP contribution in [0.3, 0.4) is 0 Å². The van der Waals surface area contributed by atoms with Gasteiger partial charge in [-0.3, -0.25) is 0 Å². The number of halogens is 1. The van der Waals surface area contributed by atoms with Gasteiger partial charge in [-0.25, -0.2) is 9.98 Å². The summed E-state index contributed by atoms with van der Waals surface area (Å²) in [6.45, 7) is 2.84. The van der Waals surface area contributed by atoms with E-state index < -0.39 is 5.54 Å². The Bertz CT molecular complexity index is 862. The molecule has 25 heavy (non-hydrogen) atoms. The lowest BCUT2D eigenvalue weighted by atomic mass is 9.77. The van der Waals surface area contributed by atoms with Crippen molar-refractivity contribution in [1.82, 2.24) is 0 Å². The van der Waals surface area contributed by atoms with Crippen molar-refractivity contribution in [2.45, 2.75) is 31.2 Å². The molecule has 0 radical (unpaired) electrons. The molecular formula is C20H20BrN3O. The number of aliphatic imine (C=N–C) groups is 2. The van der Waals surface area contributed by atoms with Crippen molar-refractivity contribution in [3.8, 4) is 5.75 Å². The Morgan fingerprint density at radius 3 is 2.84 bits per heavy atom. The summed E-state index contributed by atoms with van der Waals surface area (Å²) in [6.07, 6.45) is 1.58. The maximum absolute atomic E-state index is 6.05. The van der Waals surface area contributed by atoms with E-state index in [1.54, 1.807) is 0 Å². The Balaban J connectivity index is 1.73. The molecule has 0 aromatic heterocycles. The van der Waals surface area contributed by atoms with E-state index in [0.717, 1.165) is 34.3 Å². The Hall–Kier alpha value is -2.14. The number of nitrogens with zero attached hydrogens (tertiary/aromatic N) is 2. The molecule has 4 rings (SSSR count). The van der Waals surface area contributed by atoms with E-state index in [0.29, 0.717) is 18.5 Å². The molecule has 0 aliphatic carbocycles. The summed E-state index contributed by atoms with van der Waals surface area (Å²) >= 11 is 3.57. The Morgan fingerprint density at radius 1 is 1.24 bits per heavy atom. The van der Waals surface area contributed by atoms with Crippen LogP contribution >= 0.6 is 15.9 Å². The quantitative estimate of drug-likeness (QED) is 0.834. The van der Waals surface area contributed by atoms with Gasteiger partial charge in [-0.05, 0) is 36.1 Å². The van der Waals surface area contributed by atoms with Crippen molar-refractivity contribution >= 4 is 27.6 Å². The highest BCUT2D eigenvalue weighted by Crippen LogP contribution is 2.46. The third-order valence-electron chi connectivity index (χ3n) is 5.01. The Labute approximate surface area is 156 Å². The molecule has 0 saturated heterocycles. The van der Waals surface area contributed by atoms with Crippen LogP contribution in [0.2, 0.25) is 0 Å². The van der Waals surface area contributed by atoms with Crippen LogP contribution in [0.4, 0.5) is 0 Å². The van der Waals surface area contributed by atoms with E-state index in [4.69, 9.17) is 15.5 Å². The fourth-order valence-electron chi connectivity index (χ4n) is 3.73. The summed E-state index contributed by atoms with van der Waals surface area (Å²) in [5.41, 5.74) is 8.93. The van der Waals surface area contributed by atoms with E-state index in [2.05, 4.69) is 58.2 Å². The summed E-state index contributed by atoms with van der Waals surface area (Å²) in [5.74, 6) is 1.58. The van der Waals surface area contributed by atoms with Crippen LogP contribution in [-0.2, 0) is 5.54 Å². The van der Waals surface area contributed by atoms with Crippen molar-refractivity contribution in [3.63, 3.8) is 0 Å². The van der Waals surface area contributed by atoms with Crippen molar-refractivity contribution in [2.75, 3.05) is 6.61 Å². The van der Waals surface area contributed by atoms with Crippen LogP contribution in [0.1, 0.15) is 36.8 Å². The van der Waals surface area contributed by atoms with E-state index in [1.807, 2.05) is 18.2 Å². The van der Waals surface area contributed by atoms with Crippen LogP contribution in [0, 0.1) is 0 Å². The molecule has 128 valence electrons. The van der Waals surface area contributed by atoms with E-state index >= 15 is 0 Å². The second kappa shape index (κ2) is 6.30. The molecule has 2 atom stereocenters. The zero-order chi connectivity index (χ0) is 17.4. The topological polar surface area (TPSA) is 60.0 Å². The molecule has 2 aromatic rings. The van der Waals surface area contributed by atoms with E-state index in [9.17, 15) is 0 Å². The molecule has 5 heteroatoms. The van der Waals surface area contributed by atoms with Crippen molar-refractivity contribution in [3.05, 3.63) is 64.1 Å². The number of hydrogen-bond acceptors (Lipinski definition) is 4. The predicted molar refractivity (Wildman–Crippen MR) is 104 cm³/mol. The van der Waals surface area contributed by atoms with Crippen molar-refractivity contribution < 1.29 is 4.74 Å². The van der Waals surface area contributed by atoms with Gasteiger partial charge < -0.3 is 10.5 Å². The third-order valence-corrected chi connectivity index (χ3v) is 5.50. The predicted octanol–water partition coefficient (Wildman–Crippen LogP) is 4.39. The lowest BCUT2D eigenvalue weighted by Crippen LogP contribution is -2.38. The highest BCUT2D eigenvalue weighted by Gasteiger charge is 2.45. The van der Waals surface area contributed by atoms with Gasteiger partial charge >= 0.3 is 0 Å². The smallest absolute Gasteiger partial charge is 0.216 e. The standard InChI is InChI=1S/C20H20BrN3O/c1-13(14-5-3-2-4-6-14)11-18-20(24-19(22)23-18)9-10-25-17-8-7-15(21)12-16(17)20/h2-8,12-13H,9-11H2,1H3,(H2,22,24)/t13?,20-/m1/s1. The van der Waals surface area contributed by atoms with Gasteiger partial charge in [0.2, 0.25) is 5.96 Å². The molecule has 4 nitrogen and oxygen atoms in total. The molecule has 0 fully saturated rings. The summed E-state index contributed by atoms with van der Waals surface area (Å²) in [7, 11) is 0. The minimum Gasteiger partial charge on any atom is -0.493 e. The summed E-state index contributed by atoms with van der Waals surface area (Å²) in [4.78, 5) is 9.41. The molecule has 2 N–H and O–H groups in total. The average molecular weight is 398 g/mol. The second-order valence-corrected chi connectivity index (χ2v) is 7.56. The normalized spacial score (nSPS) is 22.8. The first-order valence-electron chi connectivity index (χ1n) is 8.49. The SMILES string of the molecule is CC(CC1=NC(N)=N[C@@]12CCOc1ccc(Br)cc12)c1ccccc1. The first-order valence-corrected chi connectivity index (χ1v) is 9.29. The van der Waals surface area contributed by atoms with Gasteiger partial charge in [0.25, 0.3) is 0 Å².